The third-order valence-corrected chi connectivity index (χ3v) is 4.66. The standard InChI is InChI=1S/C24H26N4O4/c1-23(2,3)32-22(29)27-24(4,5)20-12-11-17(14-25-20)21-19(16-9-7-6-8-10-16)13-18(15-26-21)28(30)31/h6-15H,1-5H3,(H,27,29). The van der Waals surface area contributed by atoms with Crippen molar-refractivity contribution in [3.63, 3.8) is 0 Å². The molecule has 0 aliphatic heterocycles. The van der Waals surface area contributed by atoms with E-state index in [2.05, 4.69) is 15.3 Å². The molecule has 2 heterocycles. The molecule has 0 spiro atoms. The van der Waals surface area contributed by atoms with E-state index in [4.69, 9.17) is 4.74 Å². The van der Waals surface area contributed by atoms with Gasteiger partial charge in [0.15, 0.2) is 0 Å². The Kier molecular flexibility index (Phi) is 6.25. The van der Waals surface area contributed by atoms with E-state index in [1.807, 2.05) is 50.2 Å². The van der Waals surface area contributed by atoms with Crippen LogP contribution in [0.5, 0.6) is 0 Å². The van der Waals surface area contributed by atoms with Crippen LogP contribution in [0.3, 0.4) is 0 Å². The van der Waals surface area contributed by atoms with Gasteiger partial charge in [0.05, 0.1) is 21.9 Å². The molecule has 0 bridgehead atoms. The van der Waals surface area contributed by atoms with E-state index in [1.165, 1.54) is 12.3 Å². The number of nitro groups is 1. The Labute approximate surface area is 186 Å². The van der Waals surface area contributed by atoms with Gasteiger partial charge in [-0.3, -0.25) is 15.1 Å². The number of rotatable bonds is 5. The number of nitrogens with one attached hydrogen (secondary N) is 1. The molecule has 3 aromatic rings. The maximum absolute atomic E-state index is 12.2. The van der Waals surface area contributed by atoms with Crippen molar-refractivity contribution in [3.8, 4) is 22.4 Å². The van der Waals surface area contributed by atoms with Crippen molar-refractivity contribution in [3.05, 3.63) is 76.7 Å². The molecule has 32 heavy (non-hydrogen) atoms. The van der Waals surface area contributed by atoms with Crippen LogP contribution in [-0.2, 0) is 10.3 Å². The molecule has 0 fully saturated rings. The van der Waals surface area contributed by atoms with Crippen LogP contribution in [0.4, 0.5) is 10.5 Å². The molecule has 1 amide bonds. The zero-order valence-electron chi connectivity index (χ0n) is 18.7. The van der Waals surface area contributed by atoms with E-state index in [1.54, 1.807) is 33.0 Å². The third-order valence-electron chi connectivity index (χ3n) is 4.66. The molecule has 8 heteroatoms. The fourth-order valence-electron chi connectivity index (χ4n) is 3.15. The van der Waals surface area contributed by atoms with Gasteiger partial charge in [-0.25, -0.2) is 9.78 Å². The molecule has 0 radical (unpaired) electrons. The summed E-state index contributed by atoms with van der Waals surface area (Å²) in [5, 5.41) is 14.1. The number of aromatic nitrogens is 2. The van der Waals surface area contributed by atoms with Gasteiger partial charge in [-0.2, -0.15) is 0 Å². The van der Waals surface area contributed by atoms with Gasteiger partial charge in [0.2, 0.25) is 0 Å². The highest BCUT2D eigenvalue weighted by Crippen LogP contribution is 2.33. The first kappa shape index (κ1) is 22.9. The van der Waals surface area contributed by atoms with Crippen LogP contribution in [0.1, 0.15) is 40.3 Å². The van der Waals surface area contributed by atoms with Crippen molar-refractivity contribution < 1.29 is 14.5 Å². The van der Waals surface area contributed by atoms with Gasteiger partial charge in [0.1, 0.15) is 11.8 Å². The SMILES string of the molecule is CC(C)(C)OC(=O)NC(C)(C)c1ccc(-c2ncc([N+](=O)[O-])cc2-c2ccccc2)cn1. The molecule has 3 rings (SSSR count). The van der Waals surface area contributed by atoms with E-state index < -0.39 is 22.2 Å². The maximum atomic E-state index is 12.2. The Morgan fingerprint density at radius 2 is 1.66 bits per heavy atom. The molecule has 0 unspecified atom stereocenters. The van der Waals surface area contributed by atoms with Gasteiger partial charge < -0.3 is 10.1 Å². The lowest BCUT2D eigenvalue weighted by Gasteiger charge is -2.28. The van der Waals surface area contributed by atoms with Crippen molar-refractivity contribution in [2.24, 2.45) is 0 Å². The number of alkyl carbamates (subject to hydrolysis) is 1. The molecule has 0 atom stereocenters. The zero-order valence-corrected chi connectivity index (χ0v) is 18.7. The van der Waals surface area contributed by atoms with E-state index in [0.29, 0.717) is 22.5 Å². The van der Waals surface area contributed by atoms with Crippen LogP contribution in [-0.4, -0.2) is 26.6 Å². The summed E-state index contributed by atoms with van der Waals surface area (Å²) in [4.78, 5) is 31.9. The number of amides is 1. The van der Waals surface area contributed by atoms with Crippen molar-refractivity contribution in [1.29, 1.82) is 0 Å². The first-order valence-electron chi connectivity index (χ1n) is 10.1. The molecule has 1 N–H and O–H groups in total. The van der Waals surface area contributed by atoms with Gasteiger partial charge in [0.25, 0.3) is 5.69 Å². The summed E-state index contributed by atoms with van der Waals surface area (Å²) < 4.78 is 5.34. The van der Waals surface area contributed by atoms with Crippen LogP contribution in [0, 0.1) is 10.1 Å². The number of hydrogen-bond donors (Lipinski definition) is 1. The number of hydrogen-bond acceptors (Lipinski definition) is 6. The van der Waals surface area contributed by atoms with E-state index in [-0.39, 0.29) is 5.69 Å². The average Bonchev–Trinajstić information content (AvgIpc) is 2.72. The minimum absolute atomic E-state index is 0.0834. The highest BCUT2D eigenvalue weighted by molar-refractivity contribution is 5.81. The molecule has 0 saturated carbocycles. The van der Waals surface area contributed by atoms with Gasteiger partial charge in [-0.1, -0.05) is 30.3 Å². The highest BCUT2D eigenvalue weighted by Gasteiger charge is 2.27. The second-order valence-corrected chi connectivity index (χ2v) is 8.90. The fourth-order valence-corrected chi connectivity index (χ4v) is 3.15. The van der Waals surface area contributed by atoms with Crippen LogP contribution in [0.15, 0.2) is 60.9 Å². The highest BCUT2D eigenvalue weighted by atomic mass is 16.6. The van der Waals surface area contributed by atoms with Crippen LogP contribution >= 0.6 is 0 Å². The number of ether oxygens (including phenoxy) is 1. The Balaban J connectivity index is 1.94. The molecule has 0 saturated heterocycles. The van der Waals surface area contributed by atoms with E-state index in [9.17, 15) is 14.9 Å². The average molecular weight is 434 g/mol. The van der Waals surface area contributed by atoms with Gasteiger partial charge in [-0.15, -0.1) is 0 Å². The monoisotopic (exact) mass is 434 g/mol. The number of carbonyl (C=O) groups excluding carboxylic acids is 1. The normalized spacial score (nSPS) is 11.7. The third kappa shape index (κ3) is 5.46. The van der Waals surface area contributed by atoms with Crippen LogP contribution in [0.2, 0.25) is 0 Å². The minimum Gasteiger partial charge on any atom is -0.444 e. The van der Waals surface area contributed by atoms with Crippen LogP contribution in [0.25, 0.3) is 22.4 Å². The van der Waals surface area contributed by atoms with Gasteiger partial charge in [0, 0.05) is 23.4 Å². The molecular weight excluding hydrogens is 408 g/mol. The Bertz CT molecular complexity index is 1120. The van der Waals surface area contributed by atoms with Crippen molar-refractivity contribution in [2.75, 3.05) is 0 Å². The van der Waals surface area contributed by atoms with E-state index >= 15 is 0 Å². The zero-order chi connectivity index (χ0) is 23.5. The quantitative estimate of drug-likeness (QED) is 0.421. The summed E-state index contributed by atoms with van der Waals surface area (Å²) in [5.74, 6) is 0. The molecule has 0 aliphatic rings. The summed E-state index contributed by atoms with van der Waals surface area (Å²) in [6.45, 7) is 9.06. The summed E-state index contributed by atoms with van der Waals surface area (Å²) in [7, 11) is 0. The van der Waals surface area contributed by atoms with Crippen LogP contribution < -0.4 is 5.32 Å². The second kappa shape index (κ2) is 8.74. The molecular formula is C24H26N4O4. The predicted octanol–water partition coefficient (Wildman–Crippen LogP) is 5.48. The maximum Gasteiger partial charge on any atom is 0.408 e. The largest absolute Gasteiger partial charge is 0.444 e. The number of benzene rings is 1. The fraction of sp³-hybridized carbons (Fsp3) is 0.292. The molecule has 1 aromatic carbocycles. The lowest BCUT2D eigenvalue weighted by Crippen LogP contribution is -2.44. The number of carbonyl (C=O) groups is 1. The van der Waals surface area contributed by atoms with Crippen molar-refractivity contribution in [2.45, 2.75) is 45.8 Å². The topological polar surface area (TPSA) is 107 Å². The smallest absolute Gasteiger partial charge is 0.408 e. The summed E-state index contributed by atoms with van der Waals surface area (Å²) >= 11 is 0. The van der Waals surface area contributed by atoms with Crippen molar-refractivity contribution >= 4 is 11.8 Å². The Hall–Kier alpha value is -3.81. The summed E-state index contributed by atoms with van der Waals surface area (Å²) in [6.07, 6.45) is 2.36. The number of pyridine rings is 2. The predicted molar refractivity (Wildman–Crippen MR) is 122 cm³/mol. The van der Waals surface area contributed by atoms with E-state index in [0.717, 1.165) is 5.56 Å². The summed E-state index contributed by atoms with van der Waals surface area (Å²) in [6, 6.07) is 14.5. The van der Waals surface area contributed by atoms with Crippen molar-refractivity contribution in [1.82, 2.24) is 15.3 Å². The summed E-state index contributed by atoms with van der Waals surface area (Å²) in [5.41, 5.74) is 1.92. The first-order chi connectivity index (χ1) is 15.0. The molecule has 2 aromatic heterocycles. The minimum atomic E-state index is -0.772. The van der Waals surface area contributed by atoms with Gasteiger partial charge >= 0.3 is 6.09 Å². The lowest BCUT2D eigenvalue weighted by atomic mass is 9.97. The second-order valence-electron chi connectivity index (χ2n) is 8.90. The molecule has 0 aliphatic carbocycles. The Morgan fingerprint density at radius 3 is 2.22 bits per heavy atom. The number of nitrogens with zero attached hydrogens (tertiary/aromatic N) is 3. The molecule has 166 valence electrons. The molecule has 8 nitrogen and oxygen atoms in total. The van der Waals surface area contributed by atoms with Gasteiger partial charge in [-0.05, 0) is 52.3 Å². The lowest BCUT2D eigenvalue weighted by molar-refractivity contribution is -0.385. The Morgan fingerprint density at radius 1 is 0.969 bits per heavy atom. The first-order valence-corrected chi connectivity index (χ1v) is 10.1.